The second-order valence-electron chi connectivity index (χ2n) is 3.09. The number of hydrogen-bond acceptors (Lipinski definition) is 4. The summed E-state index contributed by atoms with van der Waals surface area (Å²) >= 11 is 5.73. The van der Waals surface area contributed by atoms with Crippen molar-refractivity contribution >= 4 is 19.6 Å². The lowest BCUT2D eigenvalue weighted by atomic mass is 10.1. The molecule has 0 amide bonds. The average molecular weight is 266 g/mol. The molecule has 90 valence electrons. The number of hydrogen-bond donors (Lipinski definition) is 1. The normalized spacial score (nSPS) is 17.1. The average Bonchev–Trinajstić information content (AvgIpc) is 2.28. The molecule has 1 N–H and O–H groups in total. The molecular weight excluding hydrogens is 253 g/mol. The number of phosphoric acid groups is 1. The van der Waals surface area contributed by atoms with E-state index >= 15 is 0 Å². The van der Waals surface area contributed by atoms with Crippen molar-refractivity contribution in [3.8, 4) is 0 Å². The SMILES string of the molecule is COP(=O)(O)ON(Cl)[C@@H](C)c1ccccc1. The molecule has 0 bridgehead atoms. The third-order valence-electron chi connectivity index (χ3n) is 2.00. The van der Waals surface area contributed by atoms with E-state index in [1.807, 2.05) is 30.3 Å². The first-order chi connectivity index (χ1) is 7.46. The molecule has 0 heterocycles. The van der Waals surface area contributed by atoms with Gasteiger partial charge in [-0.1, -0.05) is 34.9 Å². The highest BCUT2D eigenvalue weighted by Gasteiger charge is 2.26. The van der Waals surface area contributed by atoms with Gasteiger partial charge in [0, 0.05) is 18.9 Å². The maximum absolute atomic E-state index is 11.1. The van der Waals surface area contributed by atoms with Crippen LogP contribution < -0.4 is 0 Å². The van der Waals surface area contributed by atoms with Crippen LogP contribution in [0.5, 0.6) is 0 Å². The van der Waals surface area contributed by atoms with Gasteiger partial charge < -0.3 is 4.89 Å². The highest BCUT2D eigenvalue weighted by atomic mass is 35.5. The molecule has 2 atom stereocenters. The minimum atomic E-state index is -4.11. The van der Waals surface area contributed by atoms with E-state index in [2.05, 4.69) is 9.15 Å². The Morgan fingerprint density at radius 3 is 2.50 bits per heavy atom. The lowest BCUT2D eigenvalue weighted by Crippen LogP contribution is -2.16. The highest BCUT2D eigenvalue weighted by Crippen LogP contribution is 2.45. The van der Waals surface area contributed by atoms with Crippen molar-refractivity contribution in [2.45, 2.75) is 13.0 Å². The maximum Gasteiger partial charge on any atom is 0.489 e. The summed E-state index contributed by atoms with van der Waals surface area (Å²) in [7, 11) is -3.04. The first kappa shape index (κ1) is 13.6. The van der Waals surface area contributed by atoms with Crippen molar-refractivity contribution in [1.29, 1.82) is 0 Å². The topological polar surface area (TPSA) is 59.0 Å². The third-order valence-corrected chi connectivity index (χ3v) is 3.30. The second-order valence-corrected chi connectivity index (χ2v) is 4.89. The van der Waals surface area contributed by atoms with Crippen LogP contribution in [0.3, 0.4) is 0 Å². The first-order valence-electron chi connectivity index (χ1n) is 4.54. The third kappa shape index (κ3) is 3.87. The van der Waals surface area contributed by atoms with Gasteiger partial charge in [0.15, 0.2) is 0 Å². The van der Waals surface area contributed by atoms with Gasteiger partial charge in [0.25, 0.3) is 0 Å². The molecule has 0 aliphatic rings. The molecular formula is C9H13ClNO4P. The van der Waals surface area contributed by atoms with E-state index in [9.17, 15) is 4.57 Å². The van der Waals surface area contributed by atoms with Crippen molar-refractivity contribution in [3.63, 3.8) is 0 Å². The van der Waals surface area contributed by atoms with E-state index in [0.29, 0.717) is 0 Å². The summed E-state index contributed by atoms with van der Waals surface area (Å²) in [5.74, 6) is 0. The Bertz CT molecular complexity index is 375. The number of nitrogens with zero attached hydrogens (tertiary/aromatic N) is 1. The van der Waals surface area contributed by atoms with Crippen molar-refractivity contribution in [2.75, 3.05) is 7.11 Å². The molecule has 0 saturated heterocycles. The Morgan fingerprint density at radius 2 is 2.00 bits per heavy atom. The summed E-state index contributed by atoms with van der Waals surface area (Å²) in [5.41, 5.74) is 0.855. The number of phosphoric ester groups is 1. The van der Waals surface area contributed by atoms with Crippen molar-refractivity contribution in [2.24, 2.45) is 0 Å². The number of hydroxylamine groups is 1. The minimum Gasteiger partial charge on any atom is -0.301 e. The summed E-state index contributed by atoms with van der Waals surface area (Å²) < 4.78 is 20.7. The zero-order chi connectivity index (χ0) is 12.2. The summed E-state index contributed by atoms with van der Waals surface area (Å²) in [4.78, 5) is 9.07. The minimum absolute atomic E-state index is 0.376. The van der Waals surface area contributed by atoms with Gasteiger partial charge in [0.2, 0.25) is 0 Å². The maximum atomic E-state index is 11.1. The van der Waals surface area contributed by atoms with Gasteiger partial charge in [-0.3, -0.25) is 4.52 Å². The molecule has 0 radical (unpaired) electrons. The van der Waals surface area contributed by atoms with E-state index < -0.39 is 7.82 Å². The lowest BCUT2D eigenvalue weighted by Gasteiger charge is -2.22. The van der Waals surface area contributed by atoms with E-state index in [-0.39, 0.29) is 6.04 Å². The zero-order valence-corrected chi connectivity index (χ0v) is 10.6. The molecule has 0 aromatic heterocycles. The number of rotatable bonds is 5. The molecule has 1 aromatic rings. The Labute approximate surface area is 99.2 Å². The monoisotopic (exact) mass is 265 g/mol. The van der Waals surface area contributed by atoms with Crippen LogP contribution >= 0.6 is 19.6 Å². The fourth-order valence-corrected chi connectivity index (χ4v) is 1.80. The molecule has 7 heteroatoms. The van der Waals surface area contributed by atoms with Gasteiger partial charge in [-0.15, -0.1) is 0 Å². The van der Waals surface area contributed by atoms with Crippen molar-refractivity contribution < 1.29 is 18.6 Å². The highest BCUT2D eigenvalue weighted by molar-refractivity contribution is 7.47. The molecule has 1 unspecified atom stereocenters. The van der Waals surface area contributed by atoms with Crippen LogP contribution in [0.25, 0.3) is 0 Å². The van der Waals surface area contributed by atoms with Crippen molar-refractivity contribution in [3.05, 3.63) is 35.9 Å². The van der Waals surface area contributed by atoms with Crippen LogP contribution in [0.1, 0.15) is 18.5 Å². The smallest absolute Gasteiger partial charge is 0.301 e. The Hall–Kier alpha value is -0.420. The summed E-state index contributed by atoms with van der Waals surface area (Å²) in [6.45, 7) is 1.73. The quantitative estimate of drug-likeness (QED) is 0.504. The molecule has 0 spiro atoms. The Kier molecular flexibility index (Phi) is 4.92. The van der Waals surface area contributed by atoms with Gasteiger partial charge >= 0.3 is 7.82 Å². The molecule has 0 aliphatic heterocycles. The largest absolute Gasteiger partial charge is 0.489 e. The van der Waals surface area contributed by atoms with Crippen LogP contribution in [0.15, 0.2) is 30.3 Å². The molecule has 1 aromatic carbocycles. The van der Waals surface area contributed by atoms with Gasteiger partial charge in [0.05, 0.1) is 6.04 Å². The number of halogens is 1. The van der Waals surface area contributed by atoms with E-state index in [0.717, 1.165) is 17.3 Å². The fraction of sp³-hybridized carbons (Fsp3) is 0.333. The lowest BCUT2D eigenvalue weighted by molar-refractivity contribution is -0.0308. The van der Waals surface area contributed by atoms with E-state index in [1.54, 1.807) is 6.92 Å². The van der Waals surface area contributed by atoms with Crippen LogP contribution in [0.2, 0.25) is 0 Å². The molecule has 16 heavy (non-hydrogen) atoms. The van der Waals surface area contributed by atoms with Crippen LogP contribution in [-0.2, 0) is 13.7 Å². The standard InChI is InChI=1S/C9H13ClNO4P/c1-8(9-6-4-3-5-7-9)11(10)15-16(12,13)14-2/h3-8H,1-2H3,(H,12,13)/t8-/m0/s1. The molecule has 0 saturated carbocycles. The zero-order valence-electron chi connectivity index (χ0n) is 8.91. The number of benzene rings is 1. The fourth-order valence-electron chi connectivity index (χ4n) is 1.05. The Balaban J connectivity index is 2.68. The predicted molar refractivity (Wildman–Crippen MR) is 60.5 cm³/mol. The molecule has 0 aliphatic carbocycles. The predicted octanol–water partition coefficient (Wildman–Crippen LogP) is 2.88. The first-order valence-corrected chi connectivity index (χ1v) is 6.38. The second kappa shape index (κ2) is 5.77. The van der Waals surface area contributed by atoms with Gasteiger partial charge in [-0.05, 0) is 12.5 Å². The molecule has 5 nitrogen and oxygen atoms in total. The van der Waals surface area contributed by atoms with Crippen LogP contribution in [0.4, 0.5) is 0 Å². The summed E-state index contributed by atoms with van der Waals surface area (Å²) in [6, 6.07) is 8.83. The molecule has 1 rings (SSSR count). The van der Waals surface area contributed by atoms with Crippen molar-refractivity contribution in [1.82, 2.24) is 4.58 Å². The molecule has 0 fully saturated rings. The van der Waals surface area contributed by atoms with E-state index in [1.165, 1.54) is 0 Å². The van der Waals surface area contributed by atoms with Gasteiger partial charge in [-0.2, -0.15) is 4.62 Å². The summed E-state index contributed by atoms with van der Waals surface area (Å²) in [5, 5.41) is 0. The van der Waals surface area contributed by atoms with Crippen LogP contribution in [0, 0.1) is 0 Å². The van der Waals surface area contributed by atoms with Crippen LogP contribution in [-0.4, -0.2) is 16.6 Å². The van der Waals surface area contributed by atoms with Gasteiger partial charge in [-0.25, -0.2) is 4.57 Å². The van der Waals surface area contributed by atoms with E-state index in [4.69, 9.17) is 16.7 Å². The summed E-state index contributed by atoms with van der Waals surface area (Å²) in [6.07, 6.45) is 0. The Morgan fingerprint density at radius 1 is 1.44 bits per heavy atom. The van der Waals surface area contributed by atoms with Gasteiger partial charge in [0.1, 0.15) is 0 Å².